The van der Waals surface area contributed by atoms with Gasteiger partial charge in [0.25, 0.3) is 0 Å². The standard InChI is InChI=1S/C27H27Cl2FN2O2/c1-2-14-31-27(34)25(16-19-8-4-3-5-9-19)32(18-21-10-6-7-11-24(21)30)26(33)17-20-12-13-22(28)23(29)15-20/h3-13,15,25H,2,14,16-18H2,1H3,(H,31,34)/t25-/m1/s1. The van der Waals surface area contributed by atoms with Gasteiger partial charge in [-0.3, -0.25) is 9.59 Å². The van der Waals surface area contributed by atoms with Crippen molar-refractivity contribution >= 4 is 35.0 Å². The lowest BCUT2D eigenvalue weighted by atomic mass is 10.0. The monoisotopic (exact) mass is 500 g/mol. The molecule has 3 aromatic carbocycles. The minimum Gasteiger partial charge on any atom is -0.354 e. The predicted molar refractivity (Wildman–Crippen MR) is 134 cm³/mol. The molecule has 7 heteroatoms. The minimum absolute atomic E-state index is 0.00229. The average Bonchev–Trinajstić information content (AvgIpc) is 2.83. The third-order valence-corrected chi connectivity index (χ3v) is 6.20. The Labute approximate surface area is 209 Å². The Morgan fingerprint density at radius 2 is 1.65 bits per heavy atom. The minimum atomic E-state index is -0.816. The number of nitrogens with one attached hydrogen (secondary N) is 1. The van der Waals surface area contributed by atoms with Gasteiger partial charge >= 0.3 is 0 Å². The first kappa shape index (κ1) is 25.7. The third-order valence-electron chi connectivity index (χ3n) is 5.46. The molecule has 1 atom stereocenters. The van der Waals surface area contributed by atoms with Crippen LogP contribution >= 0.6 is 23.2 Å². The lowest BCUT2D eigenvalue weighted by Gasteiger charge is -2.32. The van der Waals surface area contributed by atoms with Gasteiger partial charge in [-0.25, -0.2) is 4.39 Å². The third kappa shape index (κ3) is 7.05. The molecule has 1 N–H and O–H groups in total. The molecule has 3 aromatic rings. The Morgan fingerprint density at radius 1 is 0.941 bits per heavy atom. The molecule has 0 unspecified atom stereocenters. The fourth-order valence-corrected chi connectivity index (χ4v) is 3.98. The maximum atomic E-state index is 14.6. The van der Waals surface area contributed by atoms with Crippen molar-refractivity contribution in [1.82, 2.24) is 10.2 Å². The number of carbonyl (C=O) groups excluding carboxylic acids is 2. The maximum Gasteiger partial charge on any atom is 0.243 e. The number of halogens is 3. The van der Waals surface area contributed by atoms with Crippen molar-refractivity contribution in [3.63, 3.8) is 0 Å². The molecule has 0 aliphatic carbocycles. The molecular weight excluding hydrogens is 474 g/mol. The fourth-order valence-electron chi connectivity index (χ4n) is 3.66. The van der Waals surface area contributed by atoms with Crippen molar-refractivity contribution in [1.29, 1.82) is 0 Å². The van der Waals surface area contributed by atoms with Crippen molar-refractivity contribution < 1.29 is 14.0 Å². The molecule has 0 saturated carbocycles. The second kappa shape index (κ2) is 12.5. The van der Waals surface area contributed by atoms with E-state index in [9.17, 15) is 14.0 Å². The van der Waals surface area contributed by atoms with Crippen molar-refractivity contribution in [2.45, 2.75) is 38.8 Å². The smallest absolute Gasteiger partial charge is 0.243 e. The number of rotatable bonds is 10. The lowest BCUT2D eigenvalue weighted by Crippen LogP contribution is -2.51. The van der Waals surface area contributed by atoms with Crippen LogP contribution in [0.5, 0.6) is 0 Å². The molecule has 0 aromatic heterocycles. The van der Waals surface area contributed by atoms with Crippen molar-refractivity contribution in [3.8, 4) is 0 Å². The molecule has 0 bridgehead atoms. The van der Waals surface area contributed by atoms with Gasteiger partial charge in [-0.05, 0) is 35.7 Å². The fraction of sp³-hybridized carbons (Fsp3) is 0.259. The van der Waals surface area contributed by atoms with Crippen LogP contribution in [-0.2, 0) is 29.0 Å². The molecule has 0 aliphatic rings. The first-order valence-corrected chi connectivity index (χ1v) is 11.9. The molecule has 2 amide bonds. The molecule has 178 valence electrons. The highest BCUT2D eigenvalue weighted by molar-refractivity contribution is 6.42. The topological polar surface area (TPSA) is 49.4 Å². The van der Waals surface area contributed by atoms with Gasteiger partial charge in [-0.2, -0.15) is 0 Å². The van der Waals surface area contributed by atoms with Crippen molar-refractivity contribution in [2.24, 2.45) is 0 Å². The Morgan fingerprint density at radius 3 is 2.32 bits per heavy atom. The Kier molecular flexibility index (Phi) is 9.49. The first-order valence-electron chi connectivity index (χ1n) is 11.2. The van der Waals surface area contributed by atoms with E-state index >= 15 is 0 Å². The van der Waals surface area contributed by atoms with Crippen LogP contribution in [0.2, 0.25) is 10.0 Å². The van der Waals surface area contributed by atoms with Gasteiger partial charge in [0.15, 0.2) is 0 Å². The molecular formula is C27H27Cl2FN2O2. The van der Waals surface area contributed by atoms with Gasteiger partial charge in [0.2, 0.25) is 11.8 Å². The summed E-state index contributed by atoms with van der Waals surface area (Å²) in [5.41, 5.74) is 1.90. The van der Waals surface area contributed by atoms with Crippen molar-refractivity contribution in [2.75, 3.05) is 6.54 Å². The van der Waals surface area contributed by atoms with Crippen LogP contribution in [0.1, 0.15) is 30.0 Å². The van der Waals surface area contributed by atoms with Gasteiger partial charge in [-0.1, -0.05) is 84.7 Å². The van der Waals surface area contributed by atoms with Crippen LogP contribution < -0.4 is 5.32 Å². The molecule has 3 rings (SSSR count). The lowest BCUT2D eigenvalue weighted by molar-refractivity contribution is -0.140. The quantitative estimate of drug-likeness (QED) is 0.380. The molecule has 0 fully saturated rings. The zero-order valence-corrected chi connectivity index (χ0v) is 20.5. The van der Waals surface area contributed by atoms with Crippen molar-refractivity contribution in [3.05, 3.63) is 105 Å². The Balaban J connectivity index is 1.97. The summed E-state index contributed by atoms with van der Waals surface area (Å²) in [6.07, 6.45) is 1.06. The highest BCUT2D eigenvalue weighted by Crippen LogP contribution is 2.24. The van der Waals surface area contributed by atoms with Crippen LogP contribution in [0.4, 0.5) is 4.39 Å². The molecule has 0 radical (unpaired) electrons. The van der Waals surface area contributed by atoms with Crippen LogP contribution in [0.25, 0.3) is 0 Å². The SMILES string of the molecule is CCCNC(=O)[C@@H](Cc1ccccc1)N(Cc1ccccc1F)C(=O)Cc1ccc(Cl)c(Cl)c1. The van der Waals surface area contributed by atoms with Gasteiger partial charge in [0.1, 0.15) is 11.9 Å². The Hall–Kier alpha value is -2.89. The van der Waals surface area contributed by atoms with Gasteiger partial charge in [-0.15, -0.1) is 0 Å². The summed E-state index contributed by atoms with van der Waals surface area (Å²) in [4.78, 5) is 28.3. The van der Waals surface area contributed by atoms with E-state index in [2.05, 4.69) is 5.32 Å². The van der Waals surface area contributed by atoms with E-state index in [4.69, 9.17) is 23.2 Å². The highest BCUT2D eigenvalue weighted by atomic mass is 35.5. The zero-order valence-electron chi connectivity index (χ0n) is 18.9. The van der Waals surface area contributed by atoms with E-state index in [1.807, 2.05) is 37.3 Å². The average molecular weight is 501 g/mol. The molecule has 4 nitrogen and oxygen atoms in total. The predicted octanol–water partition coefficient (Wildman–Crippen LogP) is 5.84. The van der Waals surface area contributed by atoms with Gasteiger partial charge in [0, 0.05) is 25.1 Å². The number of benzene rings is 3. The molecule has 34 heavy (non-hydrogen) atoms. The summed E-state index contributed by atoms with van der Waals surface area (Å²) in [6, 6.07) is 19.9. The van der Waals surface area contributed by atoms with E-state index < -0.39 is 11.9 Å². The molecule has 0 spiro atoms. The first-order chi connectivity index (χ1) is 16.4. The van der Waals surface area contributed by atoms with E-state index in [1.165, 1.54) is 11.0 Å². The number of hydrogen-bond acceptors (Lipinski definition) is 2. The largest absolute Gasteiger partial charge is 0.354 e. The van der Waals surface area contributed by atoms with Crippen LogP contribution in [0.15, 0.2) is 72.8 Å². The van der Waals surface area contributed by atoms with Crippen LogP contribution in [0.3, 0.4) is 0 Å². The summed E-state index contributed by atoms with van der Waals surface area (Å²) >= 11 is 12.1. The summed E-state index contributed by atoms with van der Waals surface area (Å²) in [5.74, 6) is -1.01. The zero-order chi connectivity index (χ0) is 24.5. The Bertz CT molecular complexity index is 1120. The number of amides is 2. The second-order valence-corrected chi connectivity index (χ2v) is 8.85. The van der Waals surface area contributed by atoms with E-state index in [0.29, 0.717) is 34.1 Å². The van der Waals surface area contributed by atoms with E-state index in [1.54, 1.807) is 36.4 Å². The maximum absolute atomic E-state index is 14.6. The van der Waals surface area contributed by atoms with Crippen LogP contribution in [0, 0.1) is 5.82 Å². The number of carbonyl (C=O) groups is 2. The molecule has 0 aliphatic heterocycles. The highest BCUT2D eigenvalue weighted by Gasteiger charge is 2.30. The normalized spacial score (nSPS) is 11.6. The summed E-state index contributed by atoms with van der Waals surface area (Å²) < 4.78 is 14.6. The van der Waals surface area contributed by atoms with E-state index in [-0.39, 0.29) is 24.8 Å². The molecule has 0 heterocycles. The summed E-state index contributed by atoms with van der Waals surface area (Å²) in [5, 5.41) is 3.64. The number of hydrogen-bond donors (Lipinski definition) is 1. The number of nitrogens with zero attached hydrogens (tertiary/aromatic N) is 1. The van der Waals surface area contributed by atoms with Gasteiger partial charge in [0.05, 0.1) is 16.5 Å². The second-order valence-electron chi connectivity index (χ2n) is 8.03. The molecule has 0 saturated heterocycles. The summed E-state index contributed by atoms with van der Waals surface area (Å²) in [7, 11) is 0. The van der Waals surface area contributed by atoms with E-state index in [0.717, 1.165) is 12.0 Å². The van der Waals surface area contributed by atoms with Crippen LogP contribution in [-0.4, -0.2) is 29.3 Å². The summed E-state index contributed by atoms with van der Waals surface area (Å²) in [6.45, 7) is 2.40. The van der Waals surface area contributed by atoms with Gasteiger partial charge < -0.3 is 10.2 Å².